The fourth-order valence-electron chi connectivity index (χ4n) is 1.30. The van der Waals surface area contributed by atoms with Crippen LogP contribution >= 0.6 is 0 Å². The fourth-order valence-corrected chi connectivity index (χ4v) is 1.30. The van der Waals surface area contributed by atoms with Gasteiger partial charge in [-0.15, -0.1) is 0 Å². The van der Waals surface area contributed by atoms with Gasteiger partial charge < -0.3 is 15.7 Å². The summed E-state index contributed by atoms with van der Waals surface area (Å²) in [6.45, 7) is 2.08. The molecule has 0 saturated heterocycles. The maximum atomic E-state index is 11.4. The number of carboxylic acid groups (broad SMARTS) is 1. The van der Waals surface area contributed by atoms with Gasteiger partial charge in [0.05, 0.1) is 11.9 Å². The number of carboxylic acids is 1. The SMILES string of the molecule is CC(CNC(=O)Nc1cnn(C)c1)CC(=O)O. The van der Waals surface area contributed by atoms with Crippen LogP contribution in [0.1, 0.15) is 13.3 Å². The first kappa shape index (κ1) is 13.0. The number of hydrogen-bond donors (Lipinski definition) is 3. The smallest absolute Gasteiger partial charge is 0.319 e. The van der Waals surface area contributed by atoms with Gasteiger partial charge in [-0.25, -0.2) is 4.79 Å². The van der Waals surface area contributed by atoms with Crippen molar-refractivity contribution in [3.63, 3.8) is 0 Å². The summed E-state index contributed by atoms with van der Waals surface area (Å²) in [5.74, 6) is -0.973. The lowest BCUT2D eigenvalue weighted by molar-refractivity contribution is -0.137. The van der Waals surface area contributed by atoms with Crippen molar-refractivity contribution in [2.75, 3.05) is 11.9 Å². The summed E-state index contributed by atoms with van der Waals surface area (Å²) in [6, 6.07) is -0.366. The normalized spacial score (nSPS) is 11.9. The van der Waals surface area contributed by atoms with Gasteiger partial charge in [-0.2, -0.15) is 5.10 Å². The Morgan fingerprint density at radius 2 is 2.29 bits per heavy atom. The summed E-state index contributed by atoms with van der Waals surface area (Å²) in [6.07, 6.45) is 3.23. The fraction of sp³-hybridized carbons (Fsp3) is 0.500. The van der Waals surface area contributed by atoms with Crippen molar-refractivity contribution in [2.24, 2.45) is 13.0 Å². The Balaban J connectivity index is 2.28. The molecule has 0 spiro atoms. The Kier molecular flexibility index (Phi) is 4.50. The minimum absolute atomic E-state index is 0.0349. The van der Waals surface area contributed by atoms with Gasteiger partial charge in [0, 0.05) is 26.2 Å². The molecule has 0 aliphatic rings. The first-order chi connectivity index (χ1) is 7.97. The van der Waals surface area contributed by atoms with Crippen LogP contribution in [-0.4, -0.2) is 33.4 Å². The number of hydrogen-bond acceptors (Lipinski definition) is 3. The highest BCUT2D eigenvalue weighted by Crippen LogP contribution is 2.03. The summed E-state index contributed by atoms with van der Waals surface area (Å²) in [5.41, 5.74) is 0.593. The molecule has 7 heteroatoms. The molecule has 1 rings (SSSR count). The zero-order chi connectivity index (χ0) is 12.8. The Bertz CT molecular complexity index is 402. The third kappa shape index (κ3) is 5.01. The third-order valence-corrected chi connectivity index (χ3v) is 2.10. The molecule has 2 amide bonds. The lowest BCUT2D eigenvalue weighted by Crippen LogP contribution is -2.32. The van der Waals surface area contributed by atoms with E-state index in [1.54, 1.807) is 24.9 Å². The molecule has 3 N–H and O–H groups in total. The molecule has 0 aliphatic heterocycles. The van der Waals surface area contributed by atoms with E-state index < -0.39 is 5.97 Å². The summed E-state index contributed by atoms with van der Waals surface area (Å²) >= 11 is 0. The Hall–Kier alpha value is -2.05. The van der Waals surface area contributed by atoms with Crippen molar-refractivity contribution < 1.29 is 14.7 Å². The van der Waals surface area contributed by atoms with Crippen molar-refractivity contribution in [2.45, 2.75) is 13.3 Å². The second kappa shape index (κ2) is 5.88. The van der Waals surface area contributed by atoms with Gasteiger partial charge in [0.15, 0.2) is 0 Å². The number of carbonyl (C=O) groups is 2. The third-order valence-electron chi connectivity index (χ3n) is 2.10. The highest BCUT2D eigenvalue weighted by molar-refractivity contribution is 5.88. The average Bonchev–Trinajstić information content (AvgIpc) is 2.60. The van der Waals surface area contributed by atoms with E-state index in [-0.39, 0.29) is 18.4 Å². The molecular formula is C10H16N4O3. The summed E-state index contributed by atoms with van der Waals surface area (Å²) < 4.78 is 1.57. The lowest BCUT2D eigenvalue weighted by atomic mass is 10.1. The predicted octanol–water partition coefficient (Wildman–Crippen LogP) is 0.652. The van der Waals surface area contributed by atoms with Gasteiger partial charge in [-0.1, -0.05) is 6.92 Å². The number of amides is 2. The van der Waals surface area contributed by atoms with Crippen molar-refractivity contribution in [1.29, 1.82) is 0 Å². The Morgan fingerprint density at radius 1 is 1.59 bits per heavy atom. The number of aromatic nitrogens is 2. The monoisotopic (exact) mass is 240 g/mol. The van der Waals surface area contributed by atoms with Crippen LogP contribution in [-0.2, 0) is 11.8 Å². The zero-order valence-electron chi connectivity index (χ0n) is 9.80. The number of aryl methyl sites for hydroxylation is 1. The van der Waals surface area contributed by atoms with Gasteiger partial charge >= 0.3 is 12.0 Å². The molecule has 94 valence electrons. The van der Waals surface area contributed by atoms with Gasteiger partial charge in [0.2, 0.25) is 0 Å². The van der Waals surface area contributed by atoms with Crippen molar-refractivity contribution >= 4 is 17.7 Å². The van der Waals surface area contributed by atoms with Crippen LogP contribution < -0.4 is 10.6 Å². The number of aliphatic carboxylic acids is 1. The standard InChI is InChI=1S/C10H16N4O3/c1-7(3-9(15)16)4-11-10(17)13-8-5-12-14(2)6-8/h5-7H,3-4H2,1-2H3,(H,15,16)(H2,11,13,17). The van der Waals surface area contributed by atoms with Gasteiger partial charge in [0.25, 0.3) is 0 Å². The largest absolute Gasteiger partial charge is 0.481 e. The van der Waals surface area contributed by atoms with E-state index in [4.69, 9.17) is 5.11 Å². The molecule has 1 unspecified atom stereocenters. The molecule has 7 nitrogen and oxygen atoms in total. The van der Waals surface area contributed by atoms with E-state index in [1.807, 2.05) is 0 Å². The van der Waals surface area contributed by atoms with Crippen LogP contribution in [0.25, 0.3) is 0 Å². The molecule has 0 radical (unpaired) electrons. The minimum atomic E-state index is -0.869. The molecule has 0 fully saturated rings. The molecule has 1 heterocycles. The average molecular weight is 240 g/mol. The number of nitrogens with zero attached hydrogens (tertiary/aromatic N) is 2. The number of anilines is 1. The number of urea groups is 1. The highest BCUT2D eigenvalue weighted by Gasteiger charge is 2.09. The molecule has 0 bridgehead atoms. The zero-order valence-corrected chi connectivity index (χ0v) is 9.80. The second-order valence-electron chi connectivity index (χ2n) is 3.94. The Morgan fingerprint density at radius 3 is 2.82 bits per heavy atom. The van der Waals surface area contributed by atoms with Crippen molar-refractivity contribution in [3.05, 3.63) is 12.4 Å². The van der Waals surface area contributed by atoms with Crippen LogP contribution in [0.4, 0.5) is 10.5 Å². The summed E-state index contributed by atoms with van der Waals surface area (Å²) in [5, 5.41) is 17.6. The molecule has 0 aromatic carbocycles. The lowest BCUT2D eigenvalue weighted by Gasteiger charge is -2.10. The van der Waals surface area contributed by atoms with Crippen molar-refractivity contribution in [1.82, 2.24) is 15.1 Å². The topological polar surface area (TPSA) is 96.3 Å². The van der Waals surface area contributed by atoms with Gasteiger partial charge in [-0.05, 0) is 5.92 Å². The van der Waals surface area contributed by atoms with E-state index in [2.05, 4.69) is 15.7 Å². The van der Waals surface area contributed by atoms with Gasteiger partial charge in [0.1, 0.15) is 0 Å². The van der Waals surface area contributed by atoms with E-state index in [9.17, 15) is 9.59 Å². The number of carbonyl (C=O) groups excluding carboxylic acids is 1. The highest BCUT2D eigenvalue weighted by atomic mass is 16.4. The second-order valence-corrected chi connectivity index (χ2v) is 3.94. The molecule has 0 aliphatic carbocycles. The summed E-state index contributed by atoms with van der Waals surface area (Å²) in [4.78, 5) is 21.8. The van der Waals surface area contributed by atoms with Crippen LogP contribution in [0.15, 0.2) is 12.4 Å². The molecule has 17 heavy (non-hydrogen) atoms. The van der Waals surface area contributed by atoms with E-state index >= 15 is 0 Å². The Labute approximate surface area is 98.8 Å². The molecule has 0 saturated carbocycles. The maximum absolute atomic E-state index is 11.4. The summed E-state index contributed by atoms with van der Waals surface area (Å²) in [7, 11) is 1.75. The minimum Gasteiger partial charge on any atom is -0.481 e. The van der Waals surface area contributed by atoms with E-state index in [0.29, 0.717) is 12.2 Å². The molecule has 1 aromatic rings. The van der Waals surface area contributed by atoms with Crippen LogP contribution in [0.3, 0.4) is 0 Å². The van der Waals surface area contributed by atoms with E-state index in [0.717, 1.165) is 0 Å². The van der Waals surface area contributed by atoms with Crippen molar-refractivity contribution in [3.8, 4) is 0 Å². The van der Waals surface area contributed by atoms with Crippen LogP contribution in [0, 0.1) is 5.92 Å². The quantitative estimate of drug-likeness (QED) is 0.704. The maximum Gasteiger partial charge on any atom is 0.319 e. The molecular weight excluding hydrogens is 224 g/mol. The predicted molar refractivity (Wildman–Crippen MR) is 61.6 cm³/mol. The first-order valence-corrected chi connectivity index (χ1v) is 5.22. The van der Waals surface area contributed by atoms with Crippen LogP contribution in [0.2, 0.25) is 0 Å². The molecule has 1 atom stereocenters. The van der Waals surface area contributed by atoms with E-state index in [1.165, 1.54) is 6.20 Å². The number of rotatable bonds is 5. The first-order valence-electron chi connectivity index (χ1n) is 5.22. The van der Waals surface area contributed by atoms with Crippen LogP contribution in [0.5, 0.6) is 0 Å². The molecule has 1 aromatic heterocycles. The van der Waals surface area contributed by atoms with Gasteiger partial charge in [-0.3, -0.25) is 9.48 Å². The number of nitrogens with one attached hydrogen (secondary N) is 2.